The molecule has 0 aliphatic carbocycles. The number of hydrazine groups is 1. The first-order valence-corrected chi connectivity index (χ1v) is 10.2. The molecule has 0 bridgehead atoms. The van der Waals surface area contributed by atoms with Gasteiger partial charge in [-0.1, -0.05) is 12.1 Å². The fraction of sp³-hybridized carbons (Fsp3) is 0.400. The molecule has 2 aromatic rings. The molecular formula is C20H24N4O3S. The lowest BCUT2D eigenvalue weighted by molar-refractivity contribution is -0.134. The van der Waals surface area contributed by atoms with Gasteiger partial charge in [0, 0.05) is 31.1 Å². The maximum atomic E-state index is 13.0. The second kappa shape index (κ2) is 7.90. The van der Waals surface area contributed by atoms with Gasteiger partial charge in [-0.25, -0.2) is 10.9 Å². The van der Waals surface area contributed by atoms with Crippen LogP contribution in [0.4, 0.5) is 0 Å². The lowest BCUT2D eigenvalue weighted by Crippen LogP contribution is -2.47. The minimum absolute atomic E-state index is 0.0606. The van der Waals surface area contributed by atoms with Crippen molar-refractivity contribution in [3.63, 3.8) is 0 Å². The molecule has 2 atom stereocenters. The first kappa shape index (κ1) is 18.9. The highest BCUT2D eigenvalue weighted by atomic mass is 32.1. The number of hydrogen-bond donors (Lipinski definition) is 3. The molecule has 3 heterocycles. The van der Waals surface area contributed by atoms with Gasteiger partial charge in [0.15, 0.2) is 0 Å². The standard InChI is InChI=1S/C20H24N4O3S/c1-21-19(25)18-9-13-11-24(7-6-17(13)28-18)20(26)16-10-15(22-23-16)12-4-3-5-14(8-12)27-2/h3-5,8-9,15-16,22-23H,6-7,10-11H2,1-2H3,(H,21,25). The first-order valence-electron chi connectivity index (χ1n) is 9.36. The fourth-order valence-electron chi connectivity index (χ4n) is 3.77. The van der Waals surface area contributed by atoms with Crippen molar-refractivity contribution < 1.29 is 14.3 Å². The minimum atomic E-state index is -0.269. The van der Waals surface area contributed by atoms with Crippen LogP contribution in [0.25, 0.3) is 0 Å². The summed E-state index contributed by atoms with van der Waals surface area (Å²) in [6.07, 6.45) is 1.48. The third-order valence-corrected chi connectivity index (χ3v) is 6.56. The molecule has 4 rings (SSSR count). The van der Waals surface area contributed by atoms with Crippen molar-refractivity contribution in [2.75, 3.05) is 20.7 Å². The van der Waals surface area contributed by atoms with Crippen molar-refractivity contribution in [1.29, 1.82) is 0 Å². The molecule has 28 heavy (non-hydrogen) atoms. The molecule has 0 radical (unpaired) electrons. The Kier molecular flexibility index (Phi) is 5.34. The summed E-state index contributed by atoms with van der Waals surface area (Å²) in [4.78, 5) is 28.7. The minimum Gasteiger partial charge on any atom is -0.497 e. The van der Waals surface area contributed by atoms with Crippen LogP contribution in [-0.2, 0) is 17.8 Å². The number of methoxy groups -OCH3 is 1. The van der Waals surface area contributed by atoms with E-state index >= 15 is 0 Å². The van der Waals surface area contributed by atoms with Crippen LogP contribution in [0.2, 0.25) is 0 Å². The van der Waals surface area contributed by atoms with Gasteiger partial charge in [-0.2, -0.15) is 0 Å². The highest BCUT2D eigenvalue weighted by molar-refractivity contribution is 7.14. The van der Waals surface area contributed by atoms with E-state index in [4.69, 9.17) is 4.74 Å². The van der Waals surface area contributed by atoms with E-state index in [9.17, 15) is 9.59 Å². The number of rotatable bonds is 4. The average Bonchev–Trinajstić information content (AvgIpc) is 3.39. The number of carbonyl (C=O) groups is 2. The van der Waals surface area contributed by atoms with Gasteiger partial charge in [0.25, 0.3) is 5.91 Å². The monoisotopic (exact) mass is 400 g/mol. The van der Waals surface area contributed by atoms with Crippen LogP contribution in [0.15, 0.2) is 30.3 Å². The van der Waals surface area contributed by atoms with Crippen LogP contribution >= 0.6 is 11.3 Å². The molecule has 2 aliphatic rings. The predicted molar refractivity (Wildman–Crippen MR) is 107 cm³/mol. The van der Waals surface area contributed by atoms with E-state index in [1.807, 2.05) is 35.2 Å². The summed E-state index contributed by atoms with van der Waals surface area (Å²) in [5.41, 5.74) is 8.56. The summed E-state index contributed by atoms with van der Waals surface area (Å²) in [7, 11) is 3.28. The topological polar surface area (TPSA) is 82.7 Å². The van der Waals surface area contributed by atoms with E-state index < -0.39 is 0 Å². The molecule has 2 amide bonds. The summed E-state index contributed by atoms with van der Waals surface area (Å²) < 4.78 is 5.29. The summed E-state index contributed by atoms with van der Waals surface area (Å²) in [6, 6.07) is 9.60. The van der Waals surface area contributed by atoms with Gasteiger partial charge in [0.05, 0.1) is 12.0 Å². The Bertz CT molecular complexity index is 897. The quantitative estimate of drug-likeness (QED) is 0.726. The molecule has 8 heteroatoms. The Morgan fingerprint density at radius 3 is 2.93 bits per heavy atom. The van der Waals surface area contributed by atoms with E-state index in [1.165, 1.54) is 16.2 Å². The molecule has 148 valence electrons. The summed E-state index contributed by atoms with van der Waals surface area (Å²) in [5, 5.41) is 2.66. The van der Waals surface area contributed by atoms with Crippen LogP contribution in [0, 0.1) is 0 Å². The van der Waals surface area contributed by atoms with Crippen LogP contribution in [-0.4, -0.2) is 43.5 Å². The third-order valence-electron chi connectivity index (χ3n) is 5.33. The highest BCUT2D eigenvalue weighted by Crippen LogP contribution is 2.30. The molecule has 2 unspecified atom stereocenters. The summed E-state index contributed by atoms with van der Waals surface area (Å²) >= 11 is 1.53. The van der Waals surface area contributed by atoms with Gasteiger partial charge in [0.2, 0.25) is 5.91 Å². The lowest BCUT2D eigenvalue weighted by atomic mass is 10.0. The molecule has 1 fully saturated rings. The number of fused-ring (bicyclic) bond motifs is 1. The van der Waals surface area contributed by atoms with Gasteiger partial charge in [-0.15, -0.1) is 11.3 Å². The zero-order valence-electron chi connectivity index (χ0n) is 16.0. The number of thiophene rings is 1. The van der Waals surface area contributed by atoms with Crippen LogP contribution in [0.5, 0.6) is 5.75 Å². The van der Waals surface area contributed by atoms with Crippen molar-refractivity contribution in [1.82, 2.24) is 21.1 Å². The molecule has 1 saturated heterocycles. The lowest BCUT2D eigenvalue weighted by Gasteiger charge is -2.29. The van der Waals surface area contributed by atoms with Crippen molar-refractivity contribution in [3.8, 4) is 5.75 Å². The number of benzene rings is 1. The second-order valence-electron chi connectivity index (χ2n) is 7.05. The second-order valence-corrected chi connectivity index (χ2v) is 8.19. The maximum absolute atomic E-state index is 13.0. The Labute approximate surface area is 168 Å². The van der Waals surface area contributed by atoms with Gasteiger partial charge in [-0.3, -0.25) is 9.59 Å². The average molecular weight is 401 g/mol. The Balaban J connectivity index is 1.41. The van der Waals surface area contributed by atoms with E-state index in [0.717, 1.165) is 23.3 Å². The van der Waals surface area contributed by atoms with Gasteiger partial charge >= 0.3 is 0 Å². The Morgan fingerprint density at radius 2 is 2.14 bits per heavy atom. The molecule has 0 spiro atoms. The number of ether oxygens (including phenoxy) is 1. The van der Waals surface area contributed by atoms with E-state index in [2.05, 4.69) is 16.2 Å². The van der Waals surface area contributed by atoms with Crippen molar-refractivity contribution in [3.05, 3.63) is 51.2 Å². The smallest absolute Gasteiger partial charge is 0.261 e. The van der Waals surface area contributed by atoms with Crippen LogP contribution < -0.4 is 20.9 Å². The third kappa shape index (κ3) is 3.63. The fourth-order valence-corrected chi connectivity index (χ4v) is 4.88. The number of carbonyl (C=O) groups excluding carboxylic acids is 2. The van der Waals surface area contributed by atoms with Gasteiger partial charge in [-0.05, 0) is 42.2 Å². The highest BCUT2D eigenvalue weighted by Gasteiger charge is 2.34. The molecule has 3 N–H and O–H groups in total. The summed E-state index contributed by atoms with van der Waals surface area (Å²) in [6.45, 7) is 1.24. The van der Waals surface area contributed by atoms with E-state index in [-0.39, 0.29) is 23.9 Å². The molecule has 1 aromatic carbocycles. The molecule has 7 nitrogen and oxygen atoms in total. The normalized spacial score (nSPS) is 21.3. The molecular weight excluding hydrogens is 376 g/mol. The number of amides is 2. The van der Waals surface area contributed by atoms with E-state index in [1.54, 1.807) is 14.2 Å². The predicted octanol–water partition coefficient (Wildman–Crippen LogP) is 1.61. The molecule has 2 aliphatic heterocycles. The number of hydrogen-bond acceptors (Lipinski definition) is 6. The number of nitrogens with one attached hydrogen (secondary N) is 3. The van der Waals surface area contributed by atoms with Crippen molar-refractivity contribution in [2.24, 2.45) is 0 Å². The van der Waals surface area contributed by atoms with Crippen LogP contribution in [0.3, 0.4) is 0 Å². The van der Waals surface area contributed by atoms with Crippen LogP contribution in [0.1, 0.15) is 38.1 Å². The molecule has 1 aromatic heterocycles. The van der Waals surface area contributed by atoms with E-state index in [0.29, 0.717) is 24.4 Å². The Morgan fingerprint density at radius 1 is 1.29 bits per heavy atom. The van der Waals surface area contributed by atoms with Crippen molar-refractivity contribution in [2.45, 2.75) is 31.5 Å². The zero-order valence-corrected chi connectivity index (χ0v) is 16.8. The first-order chi connectivity index (χ1) is 13.6. The van der Waals surface area contributed by atoms with Crippen molar-refractivity contribution >= 4 is 23.2 Å². The zero-order chi connectivity index (χ0) is 19.7. The largest absolute Gasteiger partial charge is 0.497 e. The number of nitrogens with zero attached hydrogens (tertiary/aromatic N) is 1. The SMILES string of the molecule is CNC(=O)c1cc2c(s1)CCN(C(=O)C1CC(c3cccc(OC)c3)NN1)C2. The molecule has 0 saturated carbocycles. The summed E-state index contributed by atoms with van der Waals surface area (Å²) in [5.74, 6) is 0.832. The Hall–Kier alpha value is -2.42. The van der Waals surface area contributed by atoms with Gasteiger partial charge in [0.1, 0.15) is 11.8 Å². The maximum Gasteiger partial charge on any atom is 0.261 e. The van der Waals surface area contributed by atoms with Gasteiger partial charge < -0.3 is 15.0 Å².